The van der Waals surface area contributed by atoms with Crippen LogP contribution in [0.2, 0.25) is 0 Å². The van der Waals surface area contributed by atoms with Gasteiger partial charge in [-0.25, -0.2) is 9.48 Å². The molecule has 3 N–H and O–H groups in total. The van der Waals surface area contributed by atoms with Crippen molar-refractivity contribution in [3.63, 3.8) is 0 Å². The smallest absolute Gasteiger partial charge is 0.420 e. The van der Waals surface area contributed by atoms with Crippen molar-refractivity contribution in [3.8, 4) is 5.69 Å². The Bertz CT molecular complexity index is 1530. The van der Waals surface area contributed by atoms with E-state index in [-0.39, 0.29) is 11.6 Å². The van der Waals surface area contributed by atoms with Gasteiger partial charge in [-0.15, -0.1) is 0 Å². The van der Waals surface area contributed by atoms with Crippen LogP contribution < -0.4 is 10.2 Å². The van der Waals surface area contributed by atoms with Gasteiger partial charge in [-0.1, -0.05) is 24.3 Å². The average molecular weight is 539 g/mol. The number of fused-ring (bicyclic) bond motifs is 2. The summed E-state index contributed by atoms with van der Waals surface area (Å²) in [6.07, 6.45) is -1.91. The van der Waals surface area contributed by atoms with Crippen molar-refractivity contribution in [2.75, 3.05) is 23.3 Å². The van der Waals surface area contributed by atoms with Gasteiger partial charge < -0.3 is 20.4 Å². The predicted molar refractivity (Wildman–Crippen MR) is 144 cm³/mol. The third kappa shape index (κ3) is 5.04. The summed E-state index contributed by atoms with van der Waals surface area (Å²) in [4.78, 5) is 13.1. The number of carbonyl (C=O) groups is 1. The zero-order valence-electron chi connectivity index (χ0n) is 21.5. The molecule has 39 heavy (non-hydrogen) atoms. The number of hydrogen-bond acceptors (Lipinski definition) is 5. The van der Waals surface area contributed by atoms with Gasteiger partial charge in [0, 0.05) is 22.8 Å². The molecule has 2 unspecified atom stereocenters. The van der Waals surface area contributed by atoms with E-state index >= 15 is 0 Å². The highest BCUT2D eigenvalue weighted by Crippen LogP contribution is 2.38. The molecule has 5 rings (SSSR count). The zero-order chi connectivity index (χ0) is 27.9. The van der Waals surface area contributed by atoms with Crippen LogP contribution in [0.1, 0.15) is 34.8 Å². The van der Waals surface area contributed by atoms with Gasteiger partial charge >= 0.3 is 12.1 Å². The fourth-order valence-corrected chi connectivity index (χ4v) is 5.16. The molecule has 0 aliphatic carbocycles. The number of benzene rings is 3. The van der Waals surface area contributed by atoms with Crippen LogP contribution in [0.25, 0.3) is 16.6 Å². The van der Waals surface area contributed by atoms with Crippen LogP contribution in [0.4, 0.5) is 24.5 Å². The quantitative estimate of drug-likeness (QED) is 0.285. The summed E-state index contributed by atoms with van der Waals surface area (Å²) in [7, 11) is 0. The van der Waals surface area contributed by atoms with Crippen molar-refractivity contribution in [2.24, 2.45) is 0 Å². The van der Waals surface area contributed by atoms with Crippen LogP contribution in [0.3, 0.4) is 0 Å². The zero-order valence-corrected chi connectivity index (χ0v) is 21.5. The molecule has 204 valence electrons. The van der Waals surface area contributed by atoms with Crippen molar-refractivity contribution in [3.05, 3.63) is 83.6 Å². The third-order valence-electron chi connectivity index (χ3n) is 7.37. The highest BCUT2D eigenvalue weighted by molar-refractivity contribution is 5.93. The van der Waals surface area contributed by atoms with Crippen LogP contribution in [0, 0.1) is 6.92 Å². The number of halogens is 3. The molecule has 0 fully saturated rings. The number of aromatic nitrogens is 2. The van der Waals surface area contributed by atoms with Gasteiger partial charge in [0.1, 0.15) is 0 Å². The van der Waals surface area contributed by atoms with Gasteiger partial charge in [0.2, 0.25) is 0 Å². The number of aryl methyl sites for hydroxylation is 2. The highest BCUT2D eigenvalue weighted by Gasteiger charge is 2.55. The lowest BCUT2D eigenvalue weighted by Gasteiger charge is -2.43. The first-order chi connectivity index (χ1) is 18.5. The largest absolute Gasteiger partial charge is 0.478 e. The number of aromatic carboxylic acids is 1. The summed E-state index contributed by atoms with van der Waals surface area (Å²) < 4.78 is 44.8. The molecule has 7 nitrogen and oxygen atoms in total. The summed E-state index contributed by atoms with van der Waals surface area (Å²) in [5, 5.41) is 28.2. The standard InChI is InChI=1S/C29H29F3N4O3/c1-18-12-24(23-15-34-36(26(23)13-18)22-8-5-7-21(14-22)27(37)38)33-16-28(39,29(30,31)32)17-35-19(2)10-11-20-6-3-4-9-25(20)35/h3-9,12-15,19,33,39H,10-11,16-17H2,1-2H3,(H,37,38). The van der Waals surface area contributed by atoms with E-state index in [0.717, 1.165) is 17.5 Å². The number of hydrogen-bond donors (Lipinski definition) is 3. The lowest BCUT2D eigenvalue weighted by atomic mass is 9.93. The van der Waals surface area contributed by atoms with Crippen LogP contribution >= 0.6 is 0 Å². The molecule has 2 atom stereocenters. The maximum atomic E-state index is 14.4. The SMILES string of the molecule is Cc1cc(NCC(O)(CN2c3ccccc3CCC2C)C(F)(F)F)c2cnn(-c3cccc(C(=O)O)c3)c2c1. The molecule has 0 amide bonds. The van der Waals surface area contributed by atoms with E-state index in [0.29, 0.717) is 34.4 Å². The van der Waals surface area contributed by atoms with E-state index in [1.54, 1.807) is 46.8 Å². The molecule has 0 radical (unpaired) electrons. The van der Waals surface area contributed by atoms with Crippen molar-refractivity contribution in [2.45, 2.75) is 44.5 Å². The van der Waals surface area contributed by atoms with E-state index in [4.69, 9.17) is 0 Å². The molecule has 4 aromatic rings. The number of para-hydroxylation sites is 1. The minimum absolute atomic E-state index is 0.0888. The Hall–Kier alpha value is -4.05. The number of anilines is 2. The van der Waals surface area contributed by atoms with Crippen molar-refractivity contribution < 1.29 is 28.2 Å². The molecule has 3 aromatic carbocycles. The monoisotopic (exact) mass is 538 g/mol. The van der Waals surface area contributed by atoms with Crippen molar-refractivity contribution in [1.29, 1.82) is 0 Å². The molecule has 0 spiro atoms. The van der Waals surface area contributed by atoms with Crippen molar-refractivity contribution in [1.82, 2.24) is 9.78 Å². The second-order valence-corrected chi connectivity index (χ2v) is 10.2. The number of alkyl halides is 3. The molecule has 1 aromatic heterocycles. The Labute approximate surface area is 223 Å². The van der Waals surface area contributed by atoms with Gasteiger partial charge in [0.25, 0.3) is 0 Å². The minimum Gasteiger partial charge on any atom is -0.478 e. The molecule has 10 heteroatoms. The van der Waals surface area contributed by atoms with Crippen LogP contribution in [0.5, 0.6) is 0 Å². The van der Waals surface area contributed by atoms with E-state index in [2.05, 4.69) is 10.4 Å². The molecule has 0 saturated heterocycles. The number of nitrogens with one attached hydrogen (secondary N) is 1. The number of rotatable bonds is 7. The first kappa shape index (κ1) is 26.6. The van der Waals surface area contributed by atoms with E-state index in [1.165, 1.54) is 18.3 Å². The Morgan fingerprint density at radius 2 is 1.90 bits per heavy atom. The second kappa shape index (κ2) is 9.92. The maximum absolute atomic E-state index is 14.4. The third-order valence-corrected chi connectivity index (χ3v) is 7.37. The van der Waals surface area contributed by atoms with Crippen molar-refractivity contribution >= 4 is 28.2 Å². The highest BCUT2D eigenvalue weighted by atomic mass is 19.4. The number of aliphatic hydroxyl groups is 1. The minimum atomic E-state index is -4.89. The Morgan fingerprint density at radius 1 is 1.13 bits per heavy atom. The lowest BCUT2D eigenvalue weighted by molar-refractivity contribution is -0.250. The predicted octanol–water partition coefficient (Wildman–Crippen LogP) is 5.58. The normalized spacial score (nSPS) is 17.1. The molecular weight excluding hydrogens is 509 g/mol. The molecule has 1 aliphatic heterocycles. The van der Waals surface area contributed by atoms with Gasteiger partial charge in [0.05, 0.1) is 36.1 Å². The summed E-state index contributed by atoms with van der Waals surface area (Å²) in [6.45, 7) is 2.30. The van der Waals surface area contributed by atoms with E-state index in [9.17, 15) is 28.2 Å². The lowest BCUT2D eigenvalue weighted by Crippen LogP contribution is -2.59. The summed E-state index contributed by atoms with van der Waals surface area (Å²) in [5.74, 6) is -1.08. The van der Waals surface area contributed by atoms with Gasteiger partial charge in [0.15, 0.2) is 5.60 Å². The van der Waals surface area contributed by atoms with Crippen LogP contribution in [-0.2, 0) is 6.42 Å². The summed E-state index contributed by atoms with van der Waals surface area (Å²) in [6, 6.07) is 17.0. The molecule has 2 heterocycles. The second-order valence-electron chi connectivity index (χ2n) is 10.2. The first-order valence-electron chi connectivity index (χ1n) is 12.7. The Balaban J connectivity index is 1.47. The van der Waals surface area contributed by atoms with Gasteiger partial charge in [-0.3, -0.25) is 0 Å². The molecule has 1 aliphatic rings. The summed E-state index contributed by atoms with van der Waals surface area (Å²) >= 11 is 0. The fraction of sp³-hybridized carbons (Fsp3) is 0.310. The van der Waals surface area contributed by atoms with Crippen LogP contribution in [-0.4, -0.2) is 56.9 Å². The number of carboxylic acids is 1. The van der Waals surface area contributed by atoms with Gasteiger partial charge in [-0.2, -0.15) is 18.3 Å². The van der Waals surface area contributed by atoms with Gasteiger partial charge in [-0.05, 0) is 74.2 Å². The molecule has 0 saturated carbocycles. The number of β-amino-alcohol motifs (C(OH)–C–C–N with tert-alkyl or cyclic N) is 1. The van der Waals surface area contributed by atoms with Crippen LogP contribution in [0.15, 0.2) is 66.9 Å². The Morgan fingerprint density at radius 3 is 2.64 bits per heavy atom. The number of nitrogens with zero attached hydrogens (tertiary/aromatic N) is 3. The topological polar surface area (TPSA) is 90.6 Å². The summed E-state index contributed by atoms with van der Waals surface area (Å²) in [5.41, 5.74) is 0.976. The fourth-order valence-electron chi connectivity index (χ4n) is 5.16. The first-order valence-corrected chi connectivity index (χ1v) is 12.7. The maximum Gasteiger partial charge on any atom is 0.420 e. The molecular formula is C29H29F3N4O3. The van der Waals surface area contributed by atoms with E-state index < -0.39 is 30.8 Å². The van der Waals surface area contributed by atoms with E-state index in [1.807, 2.05) is 25.1 Å². The Kier molecular flexibility index (Phi) is 6.76. The molecule has 0 bridgehead atoms. The average Bonchev–Trinajstić information content (AvgIpc) is 3.32. The number of carboxylic acid groups (broad SMARTS) is 1.